The molecule has 1 fully saturated rings. The van der Waals surface area contributed by atoms with Gasteiger partial charge in [0.1, 0.15) is 0 Å². The van der Waals surface area contributed by atoms with Crippen LogP contribution in [-0.2, 0) is 25.2 Å². The van der Waals surface area contributed by atoms with E-state index in [2.05, 4.69) is 0 Å². The fourth-order valence-corrected chi connectivity index (χ4v) is 7.48. The summed E-state index contributed by atoms with van der Waals surface area (Å²) in [6.07, 6.45) is 0. The van der Waals surface area contributed by atoms with Gasteiger partial charge in [-0.25, -0.2) is 0 Å². The Balaban J connectivity index is 2.12. The van der Waals surface area contributed by atoms with Crippen molar-refractivity contribution in [1.82, 2.24) is 0 Å². The third kappa shape index (κ3) is 0.945. The van der Waals surface area contributed by atoms with Crippen LogP contribution in [-0.4, -0.2) is 19.6 Å². The van der Waals surface area contributed by atoms with Crippen LogP contribution in [0.3, 0.4) is 0 Å². The zero-order valence-corrected chi connectivity index (χ0v) is 9.18. The first-order valence-corrected chi connectivity index (χ1v) is 8.23. The number of nitrogens with zero attached hydrogens (tertiary/aromatic N) is 2. The Morgan fingerprint density at radius 1 is 1.21 bits per heavy atom. The van der Waals surface area contributed by atoms with E-state index in [1.165, 1.54) is 0 Å². The number of hydrogen-bond donors (Lipinski definition) is 1. The Morgan fingerprint density at radius 2 is 1.71 bits per heavy atom. The van der Waals surface area contributed by atoms with Crippen molar-refractivity contribution in [3.63, 3.8) is 0 Å². The first-order valence-electron chi connectivity index (χ1n) is 3.82. The van der Waals surface area contributed by atoms with Crippen LogP contribution >= 0.6 is 0 Å². The summed E-state index contributed by atoms with van der Waals surface area (Å²) in [6.45, 7) is 0.591. The van der Waals surface area contributed by atoms with Gasteiger partial charge in [-0.1, -0.05) is 0 Å². The third-order valence-electron chi connectivity index (χ3n) is 2.01. The zero-order chi connectivity index (χ0) is 9.92. The molecule has 1 saturated heterocycles. The molecular formula is C7H7AgN2O3S. The average Bonchev–Trinajstić information content (AvgIpc) is 2.51. The molecule has 7 heteroatoms. The standard InChI is InChI=1S/C7H6N2.Ag.HO3S/c1-2-4-7-6(3-1)8-5-9-7;;1-4(2)3/h1-4H,5H2;;(H,1,2,3)/q-2;+2;. The van der Waals surface area contributed by atoms with Crippen molar-refractivity contribution in [2.45, 2.75) is 0 Å². The third-order valence-corrected chi connectivity index (χ3v) is 8.42. The van der Waals surface area contributed by atoms with Crippen molar-refractivity contribution < 1.29 is 30.6 Å². The normalized spacial score (nSPS) is 20.8. The summed E-state index contributed by atoms with van der Waals surface area (Å²) in [5, 5.41) is 0. The predicted octanol–water partition coefficient (Wildman–Crippen LogP) is 0.535. The number of rotatable bonds is 1. The summed E-state index contributed by atoms with van der Waals surface area (Å²) < 4.78 is 34.7. The van der Waals surface area contributed by atoms with Crippen LogP contribution in [0.25, 0.3) is 0 Å². The van der Waals surface area contributed by atoms with E-state index in [4.69, 9.17) is 4.55 Å². The van der Waals surface area contributed by atoms with Gasteiger partial charge in [-0.3, -0.25) is 0 Å². The Hall–Kier alpha value is -0.530. The van der Waals surface area contributed by atoms with E-state index < -0.39 is 25.2 Å². The van der Waals surface area contributed by atoms with E-state index in [0.717, 1.165) is 11.4 Å². The van der Waals surface area contributed by atoms with Gasteiger partial charge in [-0.05, 0) is 0 Å². The van der Waals surface area contributed by atoms with Crippen LogP contribution < -0.4 is 6.61 Å². The van der Waals surface area contributed by atoms with Crippen LogP contribution in [0.15, 0.2) is 24.3 Å². The van der Waals surface area contributed by atoms with Gasteiger partial charge in [0.2, 0.25) is 0 Å². The molecule has 0 spiro atoms. The van der Waals surface area contributed by atoms with Crippen LogP contribution in [0.4, 0.5) is 11.4 Å². The van der Waals surface area contributed by atoms with E-state index in [9.17, 15) is 8.42 Å². The van der Waals surface area contributed by atoms with Crippen molar-refractivity contribution in [3.05, 3.63) is 24.3 Å². The van der Waals surface area contributed by atoms with Gasteiger partial charge in [-0.15, -0.1) is 0 Å². The predicted molar refractivity (Wildman–Crippen MR) is 47.8 cm³/mol. The molecule has 3 aliphatic rings. The molecule has 80 valence electrons. The van der Waals surface area contributed by atoms with E-state index in [1.807, 2.05) is 24.3 Å². The van der Waals surface area contributed by atoms with Crippen LogP contribution in [0.2, 0.25) is 0 Å². The molecule has 0 amide bonds. The molecule has 0 saturated carbocycles. The summed E-state index contributed by atoms with van der Waals surface area (Å²) in [5.74, 6) is 0. The molecule has 2 bridgehead atoms. The maximum absolute atomic E-state index is 11.1. The topological polar surface area (TPSA) is 60.9 Å². The maximum atomic E-state index is 11.1. The second kappa shape index (κ2) is 2.53. The monoisotopic (exact) mass is 306 g/mol. The SMILES string of the molecule is O=[S](=O)(O)[Ag]1[N]2C[N]1c1ccccc12. The van der Waals surface area contributed by atoms with Gasteiger partial charge < -0.3 is 0 Å². The van der Waals surface area contributed by atoms with Crippen molar-refractivity contribution in [1.29, 1.82) is 0 Å². The second-order valence-corrected chi connectivity index (χ2v) is 9.60. The average molecular weight is 307 g/mol. The molecule has 0 radical (unpaired) electrons. The van der Waals surface area contributed by atoms with Crippen molar-refractivity contribution in [3.8, 4) is 0 Å². The van der Waals surface area contributed by atoms with Gasteiger partial charge in [-0.2, -0.15) is 0 Å². The summed E-state index contributed by atoms with van der Waals surface area (Å²) >= 11 is -1.99. The molecule has 0 aromatic heterocycles. The van der Waals surface area contributed by atoms with Crippen LogP contribution in [0, 0.1) is 0 Å². The number of benzene rings is 1. The molecular weight excluding hydrogens is 300 g/mol. The van der Waals surface area contributed by atoms with Gasteiger partial charge in [0.25, 0.3) is 0 Å². The summed E-state index contributed by atoms with van der Waals surface area (Å²) in [6, 6.07) is 7.48. The molecule has 3 heterocycles. The Kier molecular flexibility index (Phi) is 1.58. The summed E-state index contributed by atoms with van der Waals surface area (Å²) in [7, 11) is -3.91. The molecule has 1 aromatic rings. The minimum absolute atomic E-state index is 0.591. The first-order chi connectivity index (χ1) is 6.59. The van der Waals surface area contributed by atoms with Crippen LogP contribution in [0.5, 0.6) is 0 Å². The molecule has 5 nitrogen and oxygen atoms in total. The molecule has 4 rings (SSSR count). The second-order valence-electron chi connectivity index (χ2n) is 2.81. The molecule has 1 aromatic carbocycles. The molecule has 0 aliphatic carbocycles. The van der Waals surface area contributed by atoms with Crippen molar-refractivity contribution in [2.75, 3.05) is 13.3 Å². The van der Waals surface area contributed by atoms with Crippen molar-refractivity contribution >= 4 is 19.0 Å². The molecule has 0 unspecified atom stereocenters. The summed E-state index contributed by atoms with van der Waals surface area (Å²) in [5.41, 5.74) is 1.83. The van der Waals surface area contributed by atoms with E-state index >= 15 is 0 Å². The molecule has 14 heavy (non-hydrogen) atoms. The Morgan fingerprint density at radius 3 is 2.14 bits per heavy atom. The zero-order valence-electron chi connectivity index (χ0n) is 6.88. The Bertz CT molecular complexity index is 474. The van der Waals surface area contributed by atoms with E-state index in [0.29, 0.717) is 6.67 Å². The fourth-order valence-electron chi connectivity index (χ4n) is 1.50. The number of para-hydroxylation sites is 2. The van der Waals surface area contributed by atoms with E-state index in [1.54, 1.807) is 6.61 Å². The number of hydrogen-bond acceptors (Lipinski definition) is 4. The molecule has 1 N–H and O–H groups in total. The van der Waals surface area contributed by atoms with E-state index in [-0.39, 0.29) is 0 Å². The van der Waals surface area contributed by atoms with Gasteiger partial charge in [0.05, 0.1) is 0 Å². The first kappa shape index (κ1) is 8.75. The van der Waals surface area contributed by atoms with Crippen molar-refractivity contribution in [2.24, 2.45) is 0 Å². The van der Waals surface area contributed by atoms with Crippen LogP contribution in [0.1, 0.15) is 0 Å². The fraction of sp³-hybridized carbons (Fsp3) is 0.143. The summed E-state index contributed by atoms with van der Waals surface area (Å²) in [4.78, 5) is 0. The molecule has 3 aliphatic heterocycles. The minimum atomic E-state index is -3.91. The Labute approximate surface area is 87.0 Å². The van der Waals surface area contributed by atoms with Gasteiger partial charge in [0, 0.05) is 0 Å². The van der Waals surface area contributed by atoms with Gasteiger partial charge in [0.15, 0.2) is 0 Å². The van der Waals surface area contributed by atoms with Gasteiger partial charge >= 0.3 is 87.1 Å². The number of anilines is 2. The molecule has 0 atom stereocenters. The quantitative estimate of drug-likeness (QED) is 0.606.